The second-order valence-electron chi connectivity index (χ2n) is 5.68. The van der Waals surface area contributed by atoms with Gasteiger partial charge in [0.25, 0.3) is 10.1 Å². The van der Waals surface area contributed by atoms with Gasteiger partial charge in [-0.05, 0) is 50.6 Å². The van der Waals surface area contributed by atoms with Gasteiger partial charge in [0.15, 0.2) is 0 Å². The van der Waals surface area contributed by atoms with Crippen LogP contribution in [-0.4, -0.2) is 28.1 Å². The standard InChI is InChI=1S/C19H22N2O3S/c1-3-21(18-7-4-6-17(14-18)15-20)12-5-13-24-25(22,23)19-10-8-16(2)9-11-19/h4,6-11,14H,3,5,12-13H2,1-2H3. The first kappa shape index (κ1) is 19.0. The lowest BCUT2D eigenvalue weighted by Crippen LogP contribution is -2.25. The SMILES string of the molecule is CCN(CCCOS(=O)(=O)c1ccc(C)cc1)c1cccc(C#N)c1. The van der Waals surface area contributed by atoms with Gasteiger partial charge in [0, 0.05) is 18.8 Å². The van der Waals surface area contributed by atoms with Crippen LogP contribution in [0, 0.1) is 18.3 Å². The summed E-state index contributed by atoms with van der Waals surface area (Å²) in [5.41, 5.74) is 2.55. The molecule has 0 heterocycles. The molecule has 2 aromatic carbocycles. The van der Waals surface area contributed by atoms with Crippen LogP contribution in [0.1, 0.15) is 24.5 Å². The largest absolute Gasteiger partial charge is 0.372 e. The van der Waals surface area contributed by atoms with Crippen LogP contribution >= 0.6 is 0 Å². The van der Waals surface area contributed by atoms with Crippen LogP contribution < -0.4 is 4.90 Å². The topological polar surface area (TPSA) is 70.4 Å². The monoisotopic (exact) mass is 358 g/mol. The molecule has 0 saturated carbocycles. The molecule has 0 atom stereocenters. The second-order valence-corrected chi connectivity index (χ2v) is 7.30. The maximum atomic E-state index is 12.1. The minimum Gasteiger partial charge on any atom is -0.372 e. The average molecular weight is 358 g/mol. The predicted octanol–water partition coefficient (Wildman–Crippen LogP) is 3.49. The lowest BCUT2D eigenvalue weighted by atomic mass is 10.2. The summed E-state index contributed by atoms with van der Waals surface area (Å²) in [7, 11) is -3.72. The van der Waals surface area contributed by atoms with Crippen molar-refractivity contribution in [1.82, 2.24) is 0 Å². The van der Waals surface area contributed by atoms with E-state index in [1.54, 1.807) is 30.3 Å². The first-order chi connectivity index (χ1) is 12.0. The van der Waals surface area contributed by atoms with Gasteiger partial charge >= 0.3 is 0 Å². The molecule has 0 N–H and O–H groups in total. The summed E-state index contributed by atoms with van der Waals surface area (Å²) in [6, 6.07) is 16.1. The Morgan fingerprint density at radius 1 is 1.16 bits per heavy atom. The zero-order valence-corrected chi connectivity index (χ0v) is 15.3. The third-order valence-corrected chi connectivity index (χ3v) is 5.17. The Balaban J connectivity index is 1.90. The molecule has 0 bridgehead atoms. The lowest BCUT2D eigenvalue weighted by Gasteiger charge is -2.23. The van der Waals surface area contributed by atoms with Crippen molar-refractivity contribution in [2.24, 2.45) is 0 Å². The maximum absolute atomic E-state index is 12.1. The average Bonchev–Trinajstić information content (AvgIpc) is 2.62. The fraction of sp³-hybridized carbons (Fsp3) is 0.316. The van der Waals surface area contributed by atoms with Crippen LogP contribution in [0.5, 0.6) is 0 Å². The number of anilines is 1. The van der Waals surface area contributed by atoms with Gasteiger partial charge in [-0.25, -0.2) is 0 Å². The Morgan fingerprint density at radius 3 is 2.52 bits per heavy atom. The third-order valence-electron chi connectivity index (χ3n) is 3.84. The molecule has 0 aromatic heterocycles. The first-order valence-corrected chi connectivity index (χ1v) is 9.58. The first-order valence-electron chi connectivity index (χ1n) is 8.17. The van der Waals surface area contributed by atoms with Gasteiger partial charge in [-0.2, -0.15) is 13.7 Å². The molecule has 0 fully saturated rings. The van der Waals surface area contributed by atoms with E-state index in [1.807, 2.05) is 32.0 Å². The van der Waals surface area contributed by atoms with Gasteiger partial charge in [-0.3, -0.25) is 4.18 Å². The van der Waals surface area contributed by atoms with Gasteiger partial charge in [-0.1, -0.05) is 23.8 Å². The summed E-state index contributed by atoms with van der Waals surface area (Å²) in [6.07, 6.45) is 0.565. The zero-order chi connectivity index (χ0) is 18.3. The summed E-state index contributed by atoms with van der Waals surface area (Å²) in [6.45, 7) is 5.44. The van der Waals surface area contributed by atoms with Crippen molar-refractivity contribution in [2.75, 3.05) is 24.6 Å². The quantitative estimate of drug-likeness (QED) is 0.534. The Bertz CT molecular complexity index is 840. The van der Waals surface area contributed by atoms with Crippen LogP contribution in [0.15, 0.2) is 53.4 Å². The fourth-order valence-corrected chi connectivity index (χ4v) is 3.38. The van der Waals surface area contributed by atoms with Gasteiger partial charge in [-0.15, -0.1) is 0 Å². The van der Waals surface area contributed by atoms with Crippen LogP contribution in [0.25, 0.3) is 0 Å². The van der Waals surface area contributed by atoms with Crippen LogP contribution in [0.4, 0.5) is 5.69 Å². The molecule has 25 heavy (non-hydrogen) atoms. The van der Waals surface area contributed by atoms with Crippen LogP contribution in [0.2, 0.25) is 0 Å². The van der Waals surface area contributed by atoms with Crippen molar-refractivity contribution in [3.8, 4) is 6.07 Å². The smallest absolute Gasteiger partial charge is 0.296 e. The molecule has 2 aromatic rings. The highest BCUT2D eigenvalue weighted by Crippen LogP contribution is 2.17. The maximum Gasteiger partial charge on any atom is 0.296 e. The Kier molecular flexibility index (Phi) is 6.57. The highest BCUT2D eigenvalue weighted by Gasteiger charge is 2.14. The molecule has 0 aliphatic rings. The van der Waals surface area contributed by atoms with E-state index in [1.165, 1.54) is 0 Å². The summed E-state index contributed by atoms with van der Waals surface area (Å²) in [4.78, 5) is 2.26. The van der Waals surface area contributed by atoms with Gasteiger partial charge in [0.05, 0.1) is 23.1 Å². The van der Waals surface area contributed by atoms with E-state index in [0.717, 1.165) is 17.8 Å². The van der Waals surface area contributed by atoms with E-state index in [2.05, 4.69) is 11.0 Å². The van der Waals surface area contributed by atoms with E-state index in [0.29, 0.717) is 18.5 Å². The van der Waals surface area contributed by atoms with E-state index in [-0.39, 0.29) is 11.5 Å². The molecule has 132 valence electrons. The van der Waals surface area contributed by atoms with Gasteiger partial charge < -0.3 is 4.90 Å². The van der Waals surface area contributed by atoms with Crippen molar-refractivity contribution in [3.05, 3.63) is 59.7 Å². The van der Waals surface area contributed by atoms with Crippen LogP contribution in [0.3, 0.4) is 0 Å². The lowest BCUT2D eigenvalue weighted by molar-refractivity contribution is 0.313. The number of benzene rings is 2. The molecule has 6 heteroatoms. The highest BCUT2D eigenvalue weighted by atomic mass is 32.2. The molecule has 0 amide bonds. The predicted molar refractivity (Wildman–Crippen MR) is 98.0 cm³/mol. The molecule has 0 aliphatic heterocycles. The Labute approximate surface area is 149 Å². The summed E-state index contributed by atoms with van der Waals surface area (Å²) >= 11 is 0. The van der Waals surface area contributed by atoms with E-state index in [4.69, 9.17) is 9.44 Å². The van der Waals surface area contributed by atoms with Crippen molar-refractivity contribution < 1.29 is 12.6 Å². The number of hydrogen-bond acceptors (Lipinski definition) is 5. The molecule has 0 aliphatic carbocycles. The van der Waals surface area contributed by atoms with Gasteiger partial charge in [0.1, 0.15) is 0 Å². The zero-order valence-electron chi connectivity index (χ0n) is 14.5. The van der Waals surface area contributed by atoms with E-state index in [9.17, 15) is 8.42 Å². The number of nitriles is 1. The minimum absolute atomic E-state index is 0.116. The highest BCUT2D eigenvalue weighted by molar-refractivity contribution is 7.86. The Morgan fingerprint density at radius 2 is 1.88 bits per heavy atom. The molecule has 2 rings (SSSR count). The van der Waals surface area contributed by atoms with Crippen molar-refractivity contribution in [2.45, 2.75) is 25.2 Å². The summed E-state index contributed by atoms with van der Waals surface area (Å²) < 4.78 is 29.4. The molecular formula is C19H22N2O3S. The number of hydrogen-bond donors (Lipinski definition) is 0. The van der Waals surface area contributed by atoms with E-state index >= 15 is 0 Å². The molecular weight excluding hydrogens is 336 g/mol. The van der Waals surface area contributed by atoms with Crippen molar-refractivity contribution >= 4 is 15.8 Å². The van der Waals surface area contributed by atoms with Crippen molar-refractivity contribution in [1.29, 1.82) is 5.26 Å². The van der Waals surface area contributed by atoms with Crippen molar-refractivity contribution in [3.63, 3.8) is 0 Å². The van der Waals surface area contributed by atoms with E-state index < -0.39 is 10.1 Å². The second kappa shape index (κ2) is 8.65. The molecule has 0 spiro atoms. The molecule has 0 saturated heterocycles. The molecule has 5 nitrogen and oxygen atoms in total. The number of aryl methyl sites for hydroxylation is 1. The normalized spacial score (nSPS) is 11.1. The third kappa shape index (κ3) is 5.31. The van der Waals surface area contributed by atoms with Gasteiger partial charge in [0.2, 0.25) is 0 Å². The fourth-order valence-electron chi connectivity index (χ4n) is 2.44. The number of nitrogens with zero attached hydrogens (tertiary/aromatic N) is 2. The Hall–Kier alpha value is -2.36. The minimum atomic E-state index is -3.72. The summed E-state index contributed by atoms with van der Waals surface area (Å²) in [5.74, 6) is 0. The summed E-state index contributed by atoms with van der Waals surface area (Å²) in [5, 5.41) is 8.99. The number of rotatable bonds is 8. The van der Waals surface area contributed by atoms with Crippen LogP contribution in [-0.2, 0) is 14.3 Å². The molecule has 0 unspecified atom stereocenters. The molecule has 0 radical (unpaired) electrons.